The highest BCUT2D eigenvalue weighted by Crippen LogP contribution is 2.42. The number of rotatable bonds is 6. The smallest absolute Gasteiger partial charge is 0.319 e. The first kappa shape index (κ1) is 28.3. The number of hydrogen-bond donors (Lipinski definition) is 2. The molecule has 4 atom stereocenters. The van der Waals surface area contributed by atoms with Gasteiger partial charge in [0.25, 0.3) is 0 Å². The summed E-state index contributed by atoms with van der Waals surface area (Å²) in [7, 11) is 0. The van der Waals surface area contributed by atoms with Crippen LogP contribution in [0.2, 0.25) is 0 Å². The number of nitrogens with one attached hydrogen (secondary N) is 1. The first-order valence-corrected chi connectivity index (χ1v) is 15.6. The number of phenolic OH excluding ortho intramolecular Hbond substituents is 1. The molecule has 8 rings (SSSR count). The second-order valence-corrected chi connectivity index (χ2v) is 12.9. The fourth-order valence-electron chi connectivity index (χ4n) is 8.11. The Hall–Kier alpha value is -4.19. The summed E-state index contributed by atoms with van der Waals surface area (Å²) in [6, 6.07) is 5.75. The van der Waals surface area contributed by atoms with Crippen LogP contribution in [0.3, 0.4) is 0 Å². The van der Waals surface area contributed by atoms with E-state index < -0.39 is 23.3 Å². The number of ether oxygens (including phenoxy) is 1. The number of carbonyl (C=O) groups excluding carboxylic acids is 1. The summed E-state index contributed by atoms with van der Waals surface area (Å²) in [5.74, 6) is -1.01. The van der Waals surface area contributed by atoms with Crippen molar-refractivity contribution in [2.24, 2.45) is 11.8 Å². The molecule has 0 radical (unpaired) electrons. The summed E-state index contributed by atoms with van der Waals surface area (Å²) in [5, 5.41) is 14.8. The Labute approximate surface area is 257 Å². The van der Waals surface area contributed by atoms with Gasteiger partial charge in [-0.15, -0.1) is 0 Å². The lowest BCUT2D eigenvalue weighted by Gasteiger charge is -2.31. The van der Waals surface area contributed by atoms with Gasteiger partial charge in [-0.3, -0.25) is 14.7 Å². The van der Waals surface area contributed by atoms with Gasteiger partial charge in [0.2, 0.25) is 5.91 Å². The minimum Gasteiger partial charge on any atom is -0.508 e. The molecule has 0 unspecified atom stereocenters. The molecule has 1 amide bonds. The largest absolute Gasteiger partial charge is 0.508 e. The van der Waals surface area contributed by atoms with Crippen LogP contribution in [0.1, 0.15) is 31.7 Å². The third kappa shape index (κ3) is 4.47. The molecule has 2 aromatic heterocycles. The Morgan fingerprint density at radius 2 is 2.04 bits per heavy atom. The van der Waals surface area contributed by atoms with E-state index in [0.29, 0.717) is 66.6 Å². The average Bonchev–Trinajstić information content (AvgIpc) is 3.77. The van der Waals surface area contributed by atoms with Crippen LogP contribution < -0.4 is 15.0 Å². The zero-order valence-electron chi connectivity index (χ0n) is 24.8. The van der Waals surface area contributed by atoms with Crippen LogP contribution in [-0.4, -0.2) is 81.9 Å². The van der Waals surface area contributed by atoms with E-state index in [0.717, 1.165) is 19.4 Å². The number of alkyl halides is 1. The molecule has 2 N–H and O–H groups in total. The second kappa shape index (κ2) is 10.4. The van der Waals surface area contributed by atoms with Crippen molar-refractivity contribution in [3.8, 4) is 23.0 Å². The van der Waals surface area contributed by atoms with Crippen molar-refractivity contribution < 1.29 is 27.8 Å². The number of aromatic nitrogens is 3. The maximum atomic E-state index is 16.8. The predicted octanol–water partition coefficient (Wildman–Crippen LogP) is 4.53. The Bertz CT molecular complexity index is 1870. The Morgan fingerprint density at radius 3 is 2.87 bits per heavy atom. The highest BCUT2D eigenvalue weighted by Gasteiger charge is 2.49. The monoisotopic (exact) mass is 618 g/mol. The minimum atomic E-state index is -0.932. The quantitative estimate of drug-likeness (QED) is 0.325. The number of benzene rings is 2. The van der Waals surface area contributed by atoms with Crippen molar-refractivity contribution in [2.45, 2.75) is 44.3 Å². The number of anilines is 1. The normalized spacial score (nSPS) is 26.2. The van der Waals surface area contributed by atoms with Gasteiger partial charge in [0.15, 0.2) is 5.82 Å². The SMILES string of the molecule is CCc1c(F)ccc2cc(O)cc(-c3ncc4c(N5C[C@H]6CNC(=O)[C@@H]6C5)nc(OC[C@@]56CCCN5C[C@H](F)C6)nc4c3F)c12. The van der Waals surface area contributed by atoms with Crippen LogP contribution in [0.15, 0.2) is 30.5 Å². The molecule has 4 saturated heterocycles. The molecule has 0 aliphatic carbocycles. The van der Waals surface area contributed by atoms with Gasteiger partial charge in [-0.1, -0.05) is 13.0 Å². The Kier molecular flexibility index (Phi) is 6.56. The van der Waals surface area contributed by atoms with E-state index in [1.54, 1.807) is 6.07 Å². The maximum Gasteiger partial charge on any atom is 0.319 e. The van der Waals surface area contributed by atoms with E-state index >= 15 is 4.39 Å². The minimum absolute atomic E-state index is 0.0129. The Morgan fingerprint density at radius 1 is 1.18 bits per heavy atom. The zero-order valence-corrected chi connectivity index (χ0v) is 24.8. The summed E-state index contributed by atoms with van der Waals surface area (Å²) < 4.78 is 52.3. The number of aromatic hydroxyl groups is 1. The molecule has 234 valence electrons. The van der Waals surface area contributed by atoms with Gasteiger partial charge < -0.3 is 20.1 Å². The van der Waals surface area contributed by atoms with Gasteiger partial charge in [-0.05, 0) is 60.3 Å². The molecule has 2 aromatic carbocycles. The number of halogens is 3. The molecule has 0 spiro atoms. The molecular weight excluding hydrogens is 585 g/mol. The molecule has 6 heterocycles. The number of carbonyl (C=O) groups is 1. The van der Waals surface area contributed by atoms with E-state index in [1.165, 1.54) is 24.4 Å². The van der Waals surface area contributed by atoms with E-state index in [-0.39, 0.29) is 52.9 Å². The third-order valence-electron chi connectivity index (χ3n) is 10.3. The standard InChI is InChI=1S/C33H33F3N6O3/c1-2-21-25(35)5-4-17-8-20(43)9-22(26(17)21)28-27(36)29-23(12-37-28)30(41-13-18-11-38-31(44)24(18)15-41)40-32(39-29)45-16-33-6-3-7-42(33)14-19(34)10-33/h4-5,8-9,12,18-19,24,43H,2-3,6-7,10-11,13-16H2,1H3,(H,38,44)/t18-,19-,24-,33+/m1/s1. The van der Waals surface area contributed by atoms with Crippen molar-refractivity contribution in [2.75, 3.05) is 44.2 Å². The van der Waals surface area contributed by atoms with Crippen molar-refractivity contribution >= 4 is 33.4 Å². The summed E-state index contributed by atoms with van der Waals surface area (Å²) >= 11 is 0. The number of amides is 1. The first-order valence-electron chi connectivity index (χ1n) is 15.6. The highest BCUT2D eigenvalue weighted by atomic mass is 19.1. The molecule has 4 aromatic rings. The van der Waals surface area contributed by atoms with Gasteiger partial charge >= 0.3 is 6.01 Å². The van der Waals surface area contributed by atoms with Gasteiger partial charge in [0, 0.05) is 50.3 Å². The van der Waals surface area contributed by atoms with E-state index in [4.69, 9.17) is 9.72 Å². The van der Waals surface area contributed by atoms with E-state index in [9.17, 15) is 18.7 Å². The fourth-order valence-corrected chi connectivity index (χ4v) is 8.11. The lowest BCUT2D eigenvalue weighted by atomic mass is 9.94. The molecule has 9 nitrogen and oxygen atoms in total. The van der Waals surface area contributed by atoms with Crippen LogP contribution in [0, 0.1) is 23.5 Å². The van der Waals surface area contributed by atoms with Gasteiger partial charge in [0.05, 0.1) is 16.8 Å². The van der Waals surface area contributed by atoms with Crippen LogP contribution in [-0.2, 0) is 11.2 Å². The Balaban J connectivity index is 1.27. The van der Waals surface area contributed by atoms with Crippen molar-refractivity contribution in [1.29, 1.82) is 0 Å². The maximum absolute atomic E-state index is 16.8. The van der Waals surface area contributed by atoms with Crippen LogP contribution in [0.5, 0.6) is 11.8 Å². The highest BCUT2D eigenvalue weighted by molar-refractivity contribution is 6.02. The predicted molar refractivity (Wildman–Crippen MR) is 162 cm³/mol. The third-order valence-corrected chi connectivity index (χ3v) is 10.3. The molecule has 0 bridgehead atoms. The van der Waals surface area contributed by atoms with Gasteiger partial charge in [-0.2, -0.15) is 9.97 Å². The molecule has 0 saturated carbocycles. The fraction of sp³-hybridized carbons (Fsp3) is 0.455. The van der Waals surface area contributed by atoms with Crippen molar-refractivity contribution in [3.05, 3.63) is 47.7 Å². The lowest BCUT2D eigenvalue weighted by Crippen LogP contribution is -2.43. The number of nitrogens with zero attached hydrogens (tertiary/aromatic N) is 5. The number of fused-ring (bicyclic) bond motifs is 4. The summed E-state index contributed by atoms with van der Waals surface area (Å²) in [5.41, 5.74) is 0.0537. The van der Waals surface area contributed by atoms with E-state index in [1.807, 2.05) is 11.8 Å². The number of hydrogen-bond acceptors (Lipinski definition) is 8. The number of aryl methyl sites for hydroxylation is 1. The summed E-state index contributed by atoms with van der Waals surface area (Å²) in [6.45, 7) is 4.66. The topological polar surface area (TPSA) is 104 Å². The number of pyridine rings is 1. The van der Waals surface area contributed by atoms with Crippen LogP contribution >= 0.6 is 0 Å². The summed E-state index contributed by atoms with van der Waals surface area (Å²) in [4.78, 5) is 30.3. The van der Waals surface area contributed by atoms with Crippen molar-refractivity contribution in [3.63, 3.8) is 0 Å². The van der Waals surface area contributed by atoms with Crippen molar-refractivity contribution in [1.82, 2.24) is 25.2 Å². The lowest BCUT2D eigenvalue weighted by molar-refractivity contribution is -0.122. The summed E-state index contributed by atoms with van der Waals surface area (Å²) in [6.07, 6.45) is 3.01. The molecule has 12 heteroatoms. The molecular formula is C33H33F3N6O3. The van der Waals surface area contributed by atoms with E-state index in [2.05, 4.69) is 20.2 Å². The van der Waals surface area contributed by atoms with Gasteiger partial charge in [0.1, 0.15) is 41.4 Å². The molecule has 4 aliphatic heterocycles. The second-order valence-electron chi connectivity index (χ2n) is 12.9. The zero-order chi connectivity index (χ0) is 31.0. The van der Waals surface area contributed by atoms with Crippen LogP contribution in [0.4, 0.5) is 19.0 Å². The van der Waals surface area contributed by atoms with Crippen LogP contribution in [0.25, 0.3) is 32.9 Å². The molecule has 4 fully saturated rings. The molecule has 45 heavy (non-hydrogen) atoms. The van der Waals surface area contributed by atoms with Gasteiger partial charge in [-0.25, -0.2) is 13.2 Å². The number of phenols is 1. The molecule has 4 aliphatic rings. The first-order chi connectivity index (χ1) is 21.7. The average molecular weight is 619 g/mol.